The SMILES string of the molecule is CCNS(=O)(=O)c1ccccc1NCC(O)CC(C)(C)C. The van der Waals surface area contributed by atoms with Crippen LogP contribution in [-0.2, 0) is 10.0 Å². The topological polar surface area (TPSA) is 78.4 Å². The third-order valence-electron chi connectivity index (χ3n) is 2.89. The molecule has 0 aliphatic rings. The number of aliphatic hydroxyl groups excluding tert-OH is 1. The number of sulfonamides is 1. The van der Waals surface area contributed by atoms with Crippen LogP contribution in [0.4, 0.5) is 5.69 Å². The maximum absolute atomic E-state index is 12.1. The lowest BCUT2D eigenvalue weighted by Gasteiger charge is -2.23. The Morgan fingerprint density at radius 3 is 2.43 bits per heavy atom. The van der Waals surface area contributed by atoms with E-state index in [1.807, 2.05) is 0 Å². The van der Waals surface area contributed by atoms with E-state index in [1.165, 1.54) is 0 Å². The Kier molecular flexibility index (Phi) is 6.19. The van der Waals surface area contributed by atoms with Gasteiger partial charge in [0.05, 0.1) is 11.8 Å². The van der Waals surface area contributed by atoms with Gasteiger partial charge in [-0.15, -0.1) is 0 Å². The summed E-state index contributed by atoms with van der Waals surface area (Å²) in [5.74, 6) is 0. The molecule has 0 fully saturated rings. The number of hydrogen-bond donors (Lipinski definition) is 3. The highest BCUT2D eigenvalue weighted by Crippen LogP contribution is 2.23. The zero-order chi connectivity index (χ0) is 16.1. The summed E-state index contributed by atoms with van der Waals surface area (Å²) in [6.07, 6.45) is 0.113. The van der Waals surface area contributed by atoms with Crippen molar-refractivity contribution in [1.82, 2.24) is 4.72 Å². The summed E-state index contributed by atoms with van der Waals surface area (Å²) in [7, 11) is -3.52. The van der Waals surface area contributed by atoms with Gasteiger partial charge in [0.2, 0.25) is 10.0 Å². The minimum atomic E-state index is -3.52. The van der Waals surface area contributed by atoms with Gasteiger partial charge in [-0.05, 0) is 24.0 Å². The van der Waals surface area contributed by atoms with E-state index in [2.05, 4.69) is 30.8 Å². The molecule has 0 saturated carbocycles. The number of rotatable bonds is 7. The quantitative estimate of drug-likeness (QED) is 0.721. The molecule has 1 aromatic rings. The fourth-order valence-electron chi connectivity index (χ4n) is 2.12. The number of para-hydroxylation sites is 1. The lowest BCUT2D eigenvalue weighted by atomic mass is 9.89. The first-order valence-electron chi connectivity index (χ1n) is 7.16. The van der Waals surface area contributed by atoms with E-state index >= 15 is 0 Å². The molecule has 3 N–H and O–H groups in total. The third-order valence-corrected chi connectivity index (χ3v) is 4.49. The second-order valence-electron chi connectivity index (χ2n) is 6.30. The highest BCUT2D eigenvalue weighted by atomic mass is 32.2. The Morgan fingerprint density at radius 2 is 1.86 bits per heavy atom. The minimum Gasteiger partial charge on any atom is -0.391 e. The van der Waals surface area contributed by atoms with Crippen molar-refractivity contribution < 1.29 is 13.5 Å². The maximum Gasteiger partial charge on any atom is 0.242 e. The molecule has 0 aromatic heterocycles. The Labute approximate surface area is 127 Å². The van der Waals surface area contributed by atoms with Gasteiger partial charge in [-0.2, -0.15) is 0 Å². The molecule has 0 aliphatic carbocycles. The summed E-state index contributed by atoms with van der Waals surface area (Å²) in [6, 6.07) is 6.70. The molecule has 5 nitrogen and oxygen atoms in total. The molecule has 0 spiro atoms. The first kappa shape index (κ1) is 17.9. The van der Waals surface area contributed by atoms with Crippen LogP contribution in [0.3, 0.4) is 0 Å². The molecule has 0 saturated heterocycles. The van der Waals surface area contributed by atoms with Crippen LogP contribution in [-0.4, -0.2) is 32.7 Å². The largest absolute Gasteiger partial charge is 0.391 e. The molecule has 0 heterocycles. The van der Waals surface area contributed by atoms with E-state index in [0.717, 1.165) is 0 Å². The van der Waals surface area contributed by atoms with E-state index in [1.54, 1.807) is 31.2 Å². The molecule has 21 heavy (non-hydrogen) atoms. The lowest BCUT2D eigenvalue weighted by molar-refractivity contribution is 0.132. The highest BCUT2D eigenvalue weighted by molar-refractivity contribution is 7.89. The van der Waals surface area contributed by atoms with E-state index in [0.29, 0.717) is 25.2 Å². The number of benzene rings is 1. The first-order chi connectivity index (χ1) is 9.65. The molecule has 1 aromatic carbocycles. The average molecular weight is 314 g/mol. The van der Waals surface area contributed by atoms with Crippen LogP contribution < -0.4 is 10.0 Å². The smallest absolute Gasteiger partial charge is 0.242 e. The van der Waals surface area contributed by atoms with Crippen LogP contribution in [0.5, 0.6) is 0 Å². The Morgan fingerprint density at radius 1 is 1.24 bits per heavy atom. The third kappa shape index (κ3) is 6.03. The number of hydrogen-bond acceptors (Lipinski definition) is 4. The van der Waals surface area contributed by atoms with Gasteiger partial charge >= 0.3 is 0 Å². The van der Waals surface area contributed by atoms with Gasteiger partial charge in [0.15, 0.2) is 0 Å². The van der Waals surface area contributed by atoms with E-state index in [9.17, 15) is 13.5 Å². The summed E-state index contributed by atoms with van der Waals surface area (Å²) >= 11 is 0. The fourth-order valence-corrected chi connectivity index (χ4v) is 3.34. The maximum atomic E-state index is 12.1. The molecule has 6 heteroatoms. The van der Waals surface area contributed by atoms with Crippen LogP contribution >= 0.6 is 0 Å². The molecule has 1 unspecified atom stereocenters. The zero-order valence-electron chi connectivity index (χ0n) is 13.2. The zero-order valence-corrected chi connectivity index (χ0v) is 14.0. The van der Waals surface area contributed by atoms with Gasteiger partial charge in [0.25, 0.3) is 0 Å². The van der Waals surface area contributed by atoms with E-state index in [-0.39, 0.29) is 10.3 Å². The second-order valence-corrected chi connectivity index (χ2v) is 8.03. The predicted molar refractivity (Wildman–Crippen MR) is 85.9 cm³/mol. The van der Waals surface area contributed by atoms with Crippen LogP contribution in [0.25, 0.3) is 0 Å². The van der Waals surface area contributed by atoms with Crippen LogP contribution in [0.1, 0.15) is 34.1 Å². The Hall–Kier alpha value is -1.11. The van der Waals surface area contributed by atoms with Gasteiger partial charge < -0.3 is 10.4 Å². The molecule has 0 bridgehead atoms. The molecule has 0 aliphatic heterocycles. The predicted octanol–water partition coefficient (Wildman–Crippen LogP) is 2.19. The van der Waals surface area contributed by atoms with Crippen molar-refractivity contribution in [1.29, 1.82) is 0 Å². The van der Waals surface area contributed by atoms with Crippen LogP contribution in [0.2, 0.25) is 0 Å². The Bertz CT molecular complexity index is 550. The van der Waals surface area contributed by atoms with Crippen molar-refractivity contribution >= 4 is 15.7 Å². The van der Waals surface area contributed by atoms with Crippen LogP contribution in [0, 0.1) is 5.41 Å². The van der Waals surface area contributed by atoms with Crippen molar-refractivity contribution in [3.63, 3.8) is 0 Å². The van der Waals surface area contributed by atoms with Crippen molar-refractivity contribution in [3.05, 3.63) is 24.3 Å². The monoisotopic (exact) mass is 314 g/mol. The molecule has 0 radical (unpaired) electrons. The lowest BCUT2D eigenvalue weighted by Crippen LogP contribution is -2.27. The molecule has 1 atom stereocenters. The molecular weight excluding hydrogens is 288 g/mol. The summed E-state index contributed by atoms with van der Waals surface area (Å²) < 4.78 is 26.7. The van der Waals surface area contributed by atoms with Crippen LogP contribution in [0.15, 0.2) is 29.2 Å². The van der Waals surface area contributed by atoms with Crippen molar-refractivity contribution in [2.75, 3.05) is 18.4 Å². The van der Waals surface area contributed by atoms with Crippen molar-refractivity contribution in [2.45, 2.75) is 45.1 Å². The fraction of sp³-hybridized carbons (Fsp3) is 0.600. The summed E-state index contributed by atoms with van der Waals surface area (Å²) in [6.45, 7) is 8.55. The number of nitrogens with one attached hydrogen (secondary N) is 2. The second kappa shape index (κ2) is 7.24. The standard InChI is InChI=1S/C15H26N2O3S/c1-5-17-21(19,20)14-9-7-6-8-13(14)16-11-12(18)10-15(2,3)4/h6-9,12,16-18H,5,10-11H2,1-4H3. The summed E-state index contributed by atoms with van der Waals surface area (Å²) in [5.41, 5.74) is 0.530. The van der Waals surface area contributed by atoms with Gasteiger partial charge in [0.1, 0.15) is 4.90 Å². The average Bonchev–Trinajstić information content (AvgIpc) is 2.34. The Balaban J connectivity index is 2.81. The number of anilines is 1. The van der Waals surface area contributed by atoms with Gasteiger partial charge in [-0.25, -0.2) is 13.1 Å². The molecular formula is C15H26N2O3S. The molecule has 0 amide bonds. The van der Waals surface area contributed by atoms with Gasteiger partial charge in [-0.1, -0.05) is 39.8 Å². The first-order valence-corrected chi connectivity index (χ1v) is 8.64. The summed E-state index contributed by atoms with van der Waals surface area (Å²) in [4.78, 5) is 0.204. The van der Waals surface area contributed by atoms with Crippen molar-refractivity contribution in [2.24, 2.45) is 5.41 Å². The van der Waals surface area contributed by atoms with Crippen molar-refractivity contribution in [3.8, 4) is 0 Å². The minimum absolute atomic E-state index is 0.0243. The normalized spacial score (nSPS) is 14.0. The summed E-state index contributed by atoms with van der Waals surface area (Å²) in [5, 5.41) is 13.0. The highest BCUT2D eigenvalue weighted by Gasteiger charge is 2.19. The molecule has 120 valence electrons. The van der Waals surface area contributed by atoms with Gasteiger partial charge in [0, 0.05) is 13.1 Å². The number of aliphatic hydroxyl groups is 1. The van der Waals surface area contributed by atoms with E-state index in [4.69, 9.17) is 0 Å². The molecule has 1 rings (SSSR count). The van der Waals surface area contributed by atoms with Gasteiger partial charge in [-0.3, -0.25) is 0 Å². The van der Waals surface area contributed by atoms with E-state index < -0.39 is 16.1 Å².